The molecular formula is C25H20F18O7. The molecule has 25 heteroatoms. The highest BCUT2D eigenvalue weighted by Crippen LogP contribution is 2.67. The van der Waals surface area contributed by atoms with Crippen LogP contribution in [0.5, 0.6) is 0 Å². The van der Waals surface area contributed by atoms with Gasteiger partial charge in [-0.3, -0.25) is 9.59 Å². The van der Waals surface area contributed by atoms with Crippen molar-refractivity contribution >= 4 is 11.9 Å². The number of esters is 2. The van der Waals surface area contributed by atoms with Gasteiger partial charge in [0.25, 0.3) is 11.6 Å². The van der Waals surface area contributed by atoms with Gasteiger partial charge in [-0.15, -0.1) is 0 Å². The van der Waals surface area contributed by atoms with E-state index >= 15 is 17.6 Å². The second kappa shape index (κ2) is 12.8. The second-order valence-electron chi connectivity index (χ2n) is 10.3. The van der Waals surface area contributed by atoms with Gasteiger partial charge in [0.15, 0.2) is 0 Å². The highest BCUT2D eigenvalue weighted by Gasteiger charge is 2.94. The fourth-order valence-corrected chi connectivity index (χ4v) is 4.90. The van der Waals surface area contributed by atoms with Crippen LogP contribution in [0.15, 0.2) is 30.3 Å². The number of rotatable bonds is 11. The van der Waals surface area contributed by atoms with E-state index in [1.54, 1.807) is 0 Å². The largest absolute Gasteiger partial charge is 0.466 e. The van der Waals surface area contributed by atoms with Crippen molar-refractivity contribution in [1.82, 2.24) is 0 Å². The van der Waals surface area contributed by atoms with Gasteiger partial charge in [0.1, 0.15) is 11.8 Å². The molecule has 7 nitrogen and oxygen atoms in total. The Morgan fingerprint density at radius 2 is 0.900 bits per heavy atom. The summed E-state index contributed by atoms with van der Waals surface area (Å²) in [6.45, 7) is -0.992. The molecule has 0 spiro atoms. The van der Waals surface area contributed by atoms with Crippen LogP contribution in [0.3, 0.4) is 0 Å². The molecule has 1 aliphatic rings. The number of carbonyl (C=O) groups is 2. The van der Waals surface area contributed by atoms with Gasteiger partial charge in [-0.25, -0.2) is 0 Å². The van der Waals surface area contributed by atoms with E-state index in [0.717, 1.165) is 6.07 Å². The summed E-state index contributed by atoms with van der Waals surface area (Å²) < 4.78 is 267. The summed E-state index contributed by atoms with van der Waals surface area (Å²) in [5.41, 5.74) is -1.38. The third kappa shape index (κ3) is 5.88. The van der Waals surface area contributed by atoms with Crippen molar-refractivity contribution in [2.24, 2.45) is 11.8 Å². The molecule has 0 radical (unpaired) electrons. The fraction of sp³-hybridized carbons (Fsp3) is 0.680. The number of benzene rings is 1. The zero-order chi connectivity index (χ0) is 39.5. The van der Waals surface area contributed by atoms with E-state index in [1.165, 1.54) is 0 Å². The lowest BCUT2D eigenvalue weighted by molar-refractivity contribution is -0.529. The zero-order valence-corrected chi connectivity index (χ0v) is 24.3. The van der Waals surface area contributed by atoms with Gasteiger partial charge in [0, 0.05) is 5.92 Å². The van der Waals surface area contributed by atoms with Crippen LogP contribution in [0.1, 0.15) is 25.3 Å². The van der Waals surface area contributed by atoms with Gasteiger partial charge >= 0.3 is 59.8 Å². The molecule has 1 aliphatic heterocycles. The maximum atomic E-state index is 15.7. The molecule has 1 aromatic carbocycles. The lowest BCUT2D eigenvalue weighted by Crippen LogP contribution is -2.82. The van der Waals surface area contributed by atoms with Crippen molar-refractivity contribution < 1.29 is 113 Å². The van der Waals surface area contributed by atoms with Crippen molar-refractivity contribution in [3.05, 3.63) is 35.9 Å². The summed E-state index contributed by atoms with van der Waals surface area (Å²) in [6.07, 6.45) is -15.6. The third-order valence-corrected chi connectivity index (χ3v) is 7.33. The molecule has 2 rings (SSSR count). The van der Waals surface area contributed by atoms with E-state index in [1.807, 2.05) is 0 Å². The molecule has 50 heavy (non-hydrogen) atoms. The monoisotopic (exact) mass is 774 g/mol. The first-order valence-electron chi connectivity index (χ1n) is 13.1. The van der Waals surface area contributed by atoms with E-state index in [0.29, 0.717) is 38.1 Å². The molecule has 0 aliphatic carbocycles. The van der Waals surface area contributed by atoms with Gasteiger partial charge in [-0.05, 0) is 19.4 Å². The van der Waals surface area contributed by atoms with Crippen LogP contribution in [0.2, 0.25) is 0 Å². The maximum absolute atomic E-state index is 15.7. The highest BCUT2D eigenvalue weighted by atomic mass is 19.4. The van der Waals surface area contributed by atoms with Crippen molar-refractivity contribution in [3.8, 4) is 0 Å². The summed E-state index contributed by atoms with van der Waals surface area (Å²) in [6, 6.07) is 2.76. The van der Waals surface area contributed by atoms with E-state index in [-0.39, 0.29) is 0 Å². The number of hydrogen-bond acceptors (Lipinski definition) is 7. The Hall–Kier alpha value is -3.22. The van der Waals surface area contributed by atoms with E-state index in [4.69, 9.17) is 0 Å². The number of alkyl halides is 18. The topological polar surface area (TPSA) is 102 Å². The first-order valence-corrected chi connectivity index (χ1v) is 13.1. The molecule has 2 N–H and O–H groups in total. The predicted molar refractivity (Wildman–Crippen MR) is 122 cm³/mol. The Bertz CT molecular complexity index is 1310. The van der Waals surface area contributed by atoms with Gasteiger partial charge in [0.05, 0.1) is 13.2 Å². The van der Waals surface area contributed by atoms with Crippen molar-refractivity contribution in [2.75, 3.05) is 13.2 Å². The summed E-state index contributed by atoms with van der Waals surface area (Å²) in [5.74, 6) is -80.5. The molecule has 0 bridgehead atoms. The standard InChI is InChI=1S/C25H20F18O7/c1-3-48-14(44)12-11(10-8-6-5-7-9-10)13(15(45)49-4-2)17(47,19(28,29)21(32,33)23(36,37)25(41,42)43)50-16(12,46)18(26,27)20(30,31)22(34,35)24(38,39)40/h5-9,11-13,46-47H,3-4H2,1-2H3/t11?,12-,13-,16-,17+/m0/s1. The fourth-order valence-electron chi connectivity index (χ4n) is 4.90. The predicted octanol–water partition coefficient (Wildman–Crippen LogP) is 6.47. The van der Waals surface area contributed by atoms with Crippen LogP contribution in [0.4, 0.5) is 79.0 Å². The molecule has 1 unspecified atom stereocenters. The number of carbonyl (C=O) groups excluding carboxylic acids is 2. The quantitative estimate of drug-likeness (QED) is 0.196. The number of hydrogen-bond donors (Lipinski definition) is 2. The Kier molecular flexibility index (Phi) is 11.0. The summed E-state index contributed by atoms with van der Waals surface area (Å²) >= 11 is 0. The summed E-state index contributed by atoms with van der Waals surface area (Å²) in [4.78, 5) is 26.0. The zero-order valence-electron chi connectivity index (χ0n) is 24.3. The van der Waals surface area contributed by atoms with E-state index in [2.05, 4.69) is 14.2 Å². The normalized spacial score (nSPS) is 26.4. The third-order valence-electron chi connectivity index (χ3n) is 7.33. The second-order valence-corrected chi connectivity index (χ2v) is 10.3. The molecular weight excluding hydrogens is 754 g/mol. The van der Waals surface area contributed by atoms with Crippen molar-refractivity contribution in [2.45, 2.75) is 79.2 Å². The Balaban J connectivity index is 3.35. The van der Waals surface area contributed by atoms with Crippen LogP contribution in [0.25, 0.3) is 0 Å². The molecule has 5 atom stereocenters. The van der Waals surface area contributed by atoms with Crippen molar-refractivity contribution in [3.63, 3.8) is 0 Å². The lowest BCUT2D eigenvalue weighted by atomic mass is 9.63. The SMILES string of the molecule is CCOC(=O)[C@@H]1C(c2ccccc2)[C@@H](C(=O)OCC)[C@](O)(C(F)(F)C(F)(F)C(F)(F)C(F)(F)F)O[C@]1(O)C(F)(F)C(F)(F)C(F)(F)C(F)(F)F. The smallest absolute Gasteiger partial charge is 0.460 e. The summed E-state index contributed by atoms with van der Waals surface area (Å²) in [5, 5.41) is 21.7. The molecule has 288 valence electrons. The average Bonchev–Trinajstić information content (AvgIpc) is 2.95. The first kappa shape index (κ1) is 42.9. The van der Waals surface area contributed by atoms with Gasteiger partial charge < -0.3 is 24.4 Å². The van der Waals surface area contributed by atoms with Crippen molar-refractivity contribution in [1.29, 1.82) is 0 Å². The molecule has 0 amide bonds. The summed E-state index contributed by atoms with van der Waals surface area (Å²) in [7, 11) is 0. The Morgan fingerprint density at radius 1 is 0.600 bits per heavy atom. The maximum Gasteiger partial charge on any atom is 0.460 e. The number of halogens is 18. The molecule has 0 saturated carbocycles. The lowest BCUT2D eigenvalue weighted by Gasteiger charge is -2.57. The molecule has 0 aromatic heterocycles. The minimum Gasteiger partial charge on any atom is -0.466 e. The molecule has 1 fully saturated rings. The van der Waals surface area contributed by atoms with Crippen LogP contribution in [-0.2, 0) is 23.8 Å². The highest BCUT2D eigenvalue weighted by molar-refractivity contribution is 5.81. The Labute approximate surface area is 266 Å². The molecule has 1 heterocycles. The minimum atomic E-state index is -8.30. The first-order chi connectivity index (χ1) is 22.2. The van der Waals surface area contributed by atoms with Crippen LogP contribution in [0, 0.1) is 11.8 Å². The van der Waals surface area contributed by atoms with Crippen LogP contribution >= 0.6 is 0 Å². The van der Waals surface area contributed by atoms with Gasteiger partial charge in [-0.1, -0.05) is 30.3 Å². The number of aliphatic hydroxyl groups is 2. The average molecular weight is 774 g/mol. The molecule has 1 aromatic rings. The number of ether oxygens (including phenoxy) is 3. The Morgan fingerprint density at radius 3 is 1.16 bits per heavy atom. The van der Waals surface area contributed by atoms with Gasteiger partial charge in [-0.2, -0.15) is 79.0 Å². The van der Waals surface area contributed by atoms with E-state index in [9.17, 15) is 81.3 Å². The van der Waals surface area contributed by atoms with Crippen LogP contribution < -0.4 is 0 Å². The van der Waals surface area contributed by atoms with Crippen LogP contribution in [-0.4, -0.2) is 94.8 Å². The minimum absolute atomic E-state index is 0.316. The van der Waals surface area contributed by atoms with E-state index < -0.39 is 108 Å². The molecule has 1 saturated heterocycles. The van der Waals surface area contributed by atoms with Gasteiger partial charge in [0.2, 0.25) is 0 Å².